The Morgan fingerprint density at radius 1 is 0.375 bits per heavy atom. The van der Waals surface area contributed by atoms with Crippen LogP contribution in [0.3, 0.4) is 0 Å². The third-order valence-electron chi connectivity index (χ3n) is 18.6. The molecule has 9 nitrogen and oxygen atoms in total. The van der Waals surface area contributed by atoms with Crippen molar-refractivity contribution in [3.05, 3.63) is 48.6 Å². The predicted octanol–water partition coefficient (Wildman–Crippen LogP) is 21.9. The van der Waals surface area contributed by atoms with E-state index in [1.54, 1.807) is 6.08 Å². The maximum Gasteiger partial charge on any atom is 0.220 e. The van der Waals surface area contributed by atoms with Gasteiger partial charge in [0.25, 0.3) is 0 Å². The highest BCUT2D eigenvalue weighted by Gasteiger charge is 2.44. The summed E-state index contributed by atoms with van der Waals surface area (Å²) >= 11 is 0. The number of ether oxygens (including phenoxy) is 2. The number of hydrogen-bond acceptors (Lipinski definition) is 8. The second kappa shape index (κ2) is 68.0. The first-order valence-electron chi connectivity index (χ1n) is 38.9. The second-order valence-electron chi connectivity index (χ2n) is 27.1. The molecule has 0 spiro atoms. The van der Waals surface area contributed by atoms with Crippen molar-refractivity contribution in [3.63, 3.8) is 0 Å². The minimum Gasteiger partial charge on any atom is -0.394 e. The molecule has 88 heavy (non-hydrogen) atoms. The average molecular weight is 1240 g/mol. The van der Waals surface area contributed by atoms with Crippen LogP contribution in [0.2, 0.25) is 0 Å². The Hall–Kier alpha value is -1.85. The largest absolute Gasteiger partial charge is 0.394 e. The molecular weight excluding hydrogens is 1090 g/mol. The molecule has 1 fully saturated rings. The summed E-state index contributed by atoms with van der Waals surface area (Å²) in [7, 11) is 0. The van der Waals surface area contributed by atoms with Gasteiger partial charge in [0.05, 0.1) is 25.4 Å². The molecule has 6 N–H and O–H groups in total. The molecule has 0 bridgehead atoms. The van der Waals surface area contributed by atoms with E-state index in [2.05, 4.69) is 55.6 Å². The quantitative estimate of drug-likeness (QED) is 0.0261. The predicted molar refractivity (Wildman–Crippen MR) is 378 cm³/mol. The molecule has 1 rings (SSSR count). The molecule has 0 aromatic rings. The molecule has 1 aliphatic rings. The molecule has 1 heterocycles. The molecule has 1 saturated heterocycles. The number of carbonyl (C=O) groups excluding carboxylic acids is 1. The van der Waals surface area contributed by atoms with Crippen LogP contribution in [0.4, 0.5) is 0 Å². The van der Waals surface area contributed by atoms with E-state index in [0.717, 1.165) is 44.9 Å². The number of hydrogen-bond donors (Lipinski definition) is 6. The Balaban J connectivity index is 2.05. The van der Waals surface area contributed by atoms with Crippen LogP contribution in [0.5, 0.6) is 0 Å². The molecule has 0 aliphatic carbocycles. The van der Waals surface area contributed by atoms with Gasteiger partial charge in [-0.1, -0.05) is 364 Å². The van der Waals surface area contributed by atoms with E-state index in [-0.39, 0.29) is 12.5 Å². The van der Waals surface area contributed by atoms with E-state index in [1.807, 2.05) is 6.08 Å². The molecule has 7 atom stereocenters. The lowest BCUT2D eigenvalue weighted by atomic mass is 9.99. The van der Waals surface area contributed by atoms with E-state index >= 15 is 0 Å². The first-order chi connectivity index (χ1) is 43.3. The minimum atomic E-state index is -1.58. The van der Waals surface area contributed by atoms with Gasteiger partial charge in [-0.3, -0.25) is 4.79 Å². The van der Waals surface area contributed by atoms with Crippen molar-refractivity contribution in [2.24, 2.45) is 0 Å². The lowest BCUT2D eigenvalue weighted by molar-refractivity contribution is -0.302. The molecule has 0 aromatic heterocycles. The Morgan fingerprint density at radius 2 is 0.648 bits per heavy atom. The highest BCUT2D eigenvalue weighted by atomic mass is 16.7. The fourth-order valence-corrected chi connectivity index (χ4v) is 12.5. The highest BCUT2D eigenvalue weighted by Crippen LogP contribution is 2.24. The summed E-state index contributed by atoms with van der Waals surface area (Å²) < 4.78 is 11.3. The van der Waals surface area contributed by atoms with Crippen LogP contribution in [0.1, 0.15) is 393 Å². The minimum absolute atomic E-state index is 0.183. The van der Waals surface area contributed by atoms with Gasteiger partial charge in [0.1, 0.15) is 24.4 Å². The summed E-state index contributed by atoms with van der Waals surface area (Å²) in [6, 6.07) is -0.829. The van der Waals surface area contributed by atoms with E-state index < -0.39 is 49.5 Å². The van der Waals surface area contributed by atoms with Crippen molar-refractivity contribution in [3.8, 4) is 0 Å². The van der Waals surface area contributed by atoms with E-state index in [0.29, 0.717) is 6.42 Å². The van der Waals surface area contributed by atoms with E-state index in [4.69, 9.17) is 9.47 Å². The van der Waals surface area contributed by atoms with Gasteiger partial charge in [-0.25, -0.2) is 0 Å². The number of unbranched alkanes of at least 4 members (excludes halogenated alkanes) is 53. The molecule has 0 aromatic carbocycles. The summed E-state index contributed by atoms with van der Waals surface area (Å²) in [5.41, 5.74) is 0. The molecule has 1 aliphatic heterocycles. The lowest BCUT2D eigenvalue weighted by Crippen LogP contribution is -2.60. The van der Waals surface area contributed by atoms with E-state index in [9.17, 15) is 30.3 Å². The third kappa shape index (κ3) is 55.8. The third-order valence-corrected chi connectivity index (χ3v) is 18.6. The molecular formula is C79H149NO8. The van der Waals surface area contributed by atoms with Gasteiger partial charge in [0, 0.05) is 6.42 Å². The maximum atomic E-state index is 13.1. The van der Waals surface area contributed by atoms with Crippen LogP contribution < -0.4 is 5.32 Å². The molecule has 0 saturated carbocycles. The van der Waals surface area contributed by atoms with Crippen LogP contribution in [0.25, 0.3) is 0 Å². The van der Waals surface area contributed by atoms with Gasteiger partial charge in [0.15, 0.2) is 6.29 Å². The maximum absolute atomic E-state index is 13.1. The van der Waals surface area contributed by atoms with Crippen molar-refractivity contribution >= 4 is 5.91 Å². The number of aliphatic hydroxyl groups excluding tert-OH is 5. The topological polar surface area (TPSA) is 149 Å². The number of nitrogens with one attached hydrogen (secondary N) is 1. The molecule has 9 heteroatoms. The highest BCUT2D eigenvalue weighted by molar-refractivity contribution is 5.76. The van der Waals surface area contributed by atoms with Crippen molar-refractivity contribution in [1.29, 1.82) is 0 Å². The van der Waals surface area contributed by atoms with Crippen LogP contribution in [-0.4, -0.2) is 87.5 Å². The van der Waals surface area contributed by atoms with Gasteiger partial charge < -0.3 is 40.3 Å². The summed E-state index contributed by atoms with van der Waals surface area (Å²) in [6.45, 7) is 3.81. The van der Waals surface area contributed by atoms with Crippen molar-refractivity contribution in [2.75, 3.05) is 13.2 Å². The number of carbonyl (C=O) groups is 1. The second-order valence-corrected chi connectivity index (χ2v) is 27.1. The SMILES string of the molecule is CCCCCCCCCC/C=C\CCCCCCCCCCCCCCCCCCCCCCCCCCCCCCCC(=O)NC(COC1OC(CO)C(O)C(O)C1O)C(O)/C=C/CC/C=C/CC/C=C/CCCCCCCCCCCCCCCC. The Kier molecular flexibility index (Phi) is 65.1. The number of allylic oxidation sites excluding steroid dienone is 7. The number of rotatable bonds is 69. The molecule has 0 radical (unpaired) electrons. The summed E-state index contributed by atoms with van der Waals surface area (Å²) in [4.78, 5) is 13.1. The number of aliphatic hydroxyl groups is 5. The van der Waals surface area contributed by atoms with Crippen molar-refractivity contribution < 1.29 is 39.8 Å². The average Bonchev–Trinajstić information content (AvgIpc) is 3.31. The van der Waals surface area contributed by atoms with E-state index in [1.165, 1.54) is 327 Å². The van der Waals surface area contributed by atoms with Gasteiger partial charge >= 0.3 is 0 Å². The Morgan fingerprint density at radius 3 is 0.955 bits per heavy atom. The number of amides is 1. The normalized spacial score (nSPS) is 18.1. The van der Waals surface area contributed by atoms with Crippen molar-refractivity contribution in [1.82, 2.24) is 5.32 Å². The van der Waals surface area contributed by atoms with Crippen LogP contribution in [0, 0.1) is 0 Å². The van der Waals surface area contributed by atoms with Gasteiger partial charge in [-0.05, 0) is 70.6 Å². The molecule has 7 unspecified atom stereocenters. The summed E-state index contributed by atoms with van der Waals surface area (Å²) in [5, 5.41) is 54.8. The van der Waals surface area contributed by atoms with Crippen molar-refractivity contribution in [2.45, 2.75) is 436 Å². The fraction of sp³-hybridized carbons (Fsp3) is 0.886. The van der Waals surface area contributed by atoms with Crippen LogP contribution >= 0.6 is 0 Å². The Bertz CT molecular complexity index is 1530. The first-order valence-corrected chi connectivity index (χ1v) is 38.9. The standard InChI is InChI=1S/C79H149NO8/c1-3-5-7-9-11-13-15-17-19-21-23-25-27-29-30-31-32-33-34-35-36-37-38-39-40-41-42-43-44-45-47-49-51-53-55-57-59-61-63-65-67-69-75(83)80-72(71-87-79-78(86)77(85)76(84)74(70-81)88-79)73(82)68-66-64-62-60-58-56-54-52-50-48-46-28-26-24-22-20-18-16-14-12-10-8-6-4-2/h21,23,50,52,58,60,66,68,72-74,76-79,81-82,84-86H,3-20,22,24-49,51,53-57,59,61-65,67,69-71H2,1-2H3,(H,80,83)/b23-21-,52-50+,60-58+,68-66+. The fourth-order valence-electron chi connectivity index (χ4n) is 12.5. The van der Waals surface area contributed by atoms with Crippen LogP contribution in [0.15, 0.2) is 48.6 Å². The first kappa shape index (κ1) is 84.2. The summed E-state index contributed by atoms with van der Waals surface area (Å²) in [6.07, 6.45) is 87.0. The Labute approximate surface area is 545 Å². The zero-order valence-corrected chi connectivity index (χ0v) is 58.3. The van der Waals surface area contributed by atoms with Gasteiger partial charge in [-0.2, -0.15) is 0 Å². The van der Waals surface area contributed by atoms with Gasteiger partial charge in [-0.15, -0.1) is 0 Å². The van der Waals surface area contributed by atoms with Crippen LogP contribution in [-0.2, 0) is 14.3 Å². The zero-order valence-electron chi connectivity index (χ0n) is 58.3. The monoisotopic (exact) mass is 1240 g/mol. The smallest absolute Gasteiger partial charge is 0.220 e. The van der Waals surface area contributed by atoms with Gasteiger partial charge in [0.2, 0.25) is 5.91 Å². The lowest BCUT2D eigenvalue weighted by Gasteiger charge is -2.40. The zero-order chi connectivity index (χ0) is 63.5. The summed E-state index contributed by atoms with van der Waals surface area (Å²) in [5.74, 6) is -0.183. The molecule has 1 amide bonds. The molecule has 518 valence electrons.